The Hall–Kier alpha value is -1.71. The molecule has 0 atom stereocenters. The smallest absolute Gasteiger partial charge is 0.317 e. The number of aryl methyl sites for hydroxylation is 1. The number of esters is 1. The Kier molecular flexibility index (Phi) is 6.33. The van der Waals surface area contributed by atoms with Crippen LogP contribution in [0.2, 0.25) is 0 Å². The fourth-order valence-electron chi connectivity index (χ4n) is 4.74. The number of benzene rings is 1. The van der Waals surface area contributed by atoms with Crippen LogP contribution in [-0.4, -0.2) is 18.4 Å². The number of carbonyl (C=O) groups is 2. The van der Waals surface area contributed by atoms with Gasteiger partial charge in [0, 0.05) is 12.8 Å². The van der Waals surface area contributed by atoms with E-state index in [1.807, 2.05) is 31.2 Å². The van der Waals surface area contributed by atoms with Crippen molar-refractivity contribution in [1.82, 2.24) is 0 Å². The van der Waals surface area contributed by atoms with E-state index in [1.165, 1.54) is 0 Å². The molecule has 0 aliphatic heterocycles. The number of ketones is 1. The minimum Gasteiger partial charge on any atom is -0.426 e. The Labute approximate surface area is 161 Å². The van der Waals surface area contributed by atoms with Crippen LogP contribution in [0.5, 0.6) is 5.75 Å². The second kappa shape index (κ2) is 8.53. The van der Waals surface area contributed by atoms with Gasteiger partial charge in [0.15, 0.2) is 0 Å². The Balaban J connectivity index is 1.55. The summed E-state index contributed by atoms with van der Waals surface area (Å²) in [4.78, 5) is 24.6. The highest BCUT2D eigenvalue weighted by atomic mass is 19.1. The van der Waals surface area contributed by atoms with Gasteiger partial charge < -0.3 is 4.74 Å². The maximum absolute atomic E-state index is 12.9. The average molecular weight is 374 g/mol. The molecule has 2 bridgehead atoms. The minimum atomic E-state index is -0.344. The summed E-state index contributed by atoms with van der Waals surface area (Å²) in [5.74, 6) is 0.826. The van der Waals surface area contributed by atoms with Crippen LogP contribution in [0.25, 0.3) is 0 Å². The van der Waals surface area contributed by atoms with E-state index < -0.39 is 0 Å². The van der Waals surface area contributed by atoms with Gasteiger partial charge in [-0.05, 0) is 80.9 Å². The normalized spacial score (nSPS) is 26.7. The number of carbonyl (C=O) groups excluding carboxylic acids is 2. The van der Waals surface area contributed by atoms with Gasteiger partial charge in [-0.25, -0.2) is 0 Å². The largest absolute Gasteiger partial charge is 0.426 e. The van der Waals surface area contributed by atoms with Crippen LogP contribution in [0.3, 0.4) is 0 Å². The maximum atomic E-state index is 12.9. The summed E-state index contributed by atoms with van der Waals surface area (Å²) >= 11 is 0. The first-order chi connectivity index (χ1) is 13.0. The number of hydrogen-bond acceptors (Lipinski definition) is 3. The summed E-state index contributed by atoms with van der Waals surface area (Å²) in [7, 11) is 0. The summed E-state index contributed by atoms with van der Waals surface area (Å²) in [5.41, 5.74) is 0.987. The van der Waals surface area contributed by atoms with Gasteiger partial charge in [-0.2, -0.15) is 0 Å². The molecule has 4 heteroatoms. The van der Waals surface area contributed by atoms with Crippen LogP contribution in [0, 0.1) is 10.8 Å². The third-order valence-corrected chi connectivity index (χ3v) is 6.90. The monoisotopic (exact) mass is 374 g/mol. The third-order valence-electron chi connectivity index (χ3n) is 6.90. The molecule has 3 aliphatic carbocycles. The molecule has 148 valence electrons. The highest BCUT2D eigenvalue weighted by Crippen LogP contribution is 2.59. The van der Waals surface area contributed by atoms with Crippen molar-refractivity contribution in [3.8, 4) is 5.75 Å². The van der Waals surface area contributed by atoms with Gasteiger partial charge in [-0.1, -0.05) is 19.1 Å². The molecule has 0 heterocycles. The number of Topliss-reactive ketones (excluding diaryl/α,β-unsaturated/α-hetero) is 1. The van der Waals surface area contributed by atoms with E-state index in [-0.39, 0.29) is 23.5 Å². The van der Waals surface area contributed by atoms with Gasteiger partial charge in [-0.15, -0.1) is 0 Å². The van der Waals surface area contributed by atoms with Crippen LogP contribution in [-0.2, 0) is 16.0 Å². The Morgan fingerprint density at radius 2 is 1.67 bits per heavy atom. The predicted molar refractivity (Wildman–Crippen MR) is 103 cm³/mol. The molecule has 4 rings (SSSR count). The number of rotatable bonds is 9. The van der Waals surface area contributed by atoms with Crippen molar-refractivity contribution in [3.63, 3.8) is 0 Å². The van der Waals surface area contributed by atoms with E-state index in [0.29, 0.717) is 37.2 Å². The molecule has 1 aromatic carbocycles. The first-order valence-corrected chi connectivity index (χ1v) is 10.4. The molecule has 3 saturated carbocycles. The molecule has 0 radical (unpaired) electrons. The van der Waals surface area contributed by atoms with Gasteiger partial charge >= 0.3 is 5.97 Å². The van der Waals surface area contributed by atoms with Crippen molar-refractivity contribution < 1.29 is 18.7 Å². The fraction of sp³-hybridized carbons (Fsp3) is 0.652. The number of halogens is 1. The van der Waals surface area contributed by atoms with E-state index in [1.54, 1.807) is 0 Å². The number of fused-ring (bicyclic) bond motifs is 3. The summed E-state index contributed by atoms with van der Waals surface area (Å²) in [6.45, 7) is 1.61. The van der Waals surface area contributed by atoms with E-state index in [9.17, 15) is 14.0 Å². The molecule has 0 amide bonds. The molecule has 3 aliphatic rings. The van der Waals surface area contributed by atoms with E-state index in [0.717, 1.165) is 50.5 Å². The Morgan fingerprint density at radius 3 is 2.22 bits per heavy atom. The molecular formula is C23H31FO3. The van der Waals surface area contributed by atoms with Crippen molar-refractivity contribution in [2.24, 2.45) is 10.8 Å². The lowest BCUT2D eigenvalue weighted by Gasteiger charge is -2.52. The van der Waals surface area contributed by atoms with Crippen LogP contribution in [0.1, 0.15) is 76.7 Å². The molecule has 0 N–H and O–H groups in total. The first-order valence-electron chi connectivity index (χ1n) is 10.4. The quantitative estimate of drug-likeness (QED) is 0.418. The molecule has 3 fully saturated rings. The Bertz CT molecular complexity index is 640. The van der Waals surface area contributed by atoms with Crippen molar-refractivity contribution in [3.05, 3.63) is 29.8 Å². The molecule has 3 nitrogen and oxygen atoms in total. The lowest BCUT2D eigenvalue weighted by molar-refractivity contribution is -0.156. The summed E-state index contributed by atoms with van der Waals surface area (Å²) < 4.78 is 18.0. The van der Waals surface area contributed by atoms with Crippen LogP contribution < -0.4 is 4.74 Å². The lowest BCUT2D eigenvalue weighted by atomic mass is 9.52. The number of ether oxygens (including phenoxy) is 1. The van der Waals surface area contributed by atoms with Gasteiger partial charge in [0.25, 0.3) is 0 Å². The summed E-state index contributed by atoms with van der Waals surface area (Å²) in [6.07, 6.45) is 9.23. The predicted octanol–water partition coefficient (Wildman–Crippen LogP) is 5.59. The molecule has 0 spiro atoms. The standard InChI is InChI=1S/C23H31FO3/c1-2-19(25)9-10-22-11-14-23(15-12-22,16-13-22)21(26)27-20-7-5-18(6-8-20)4-3-17-24/h5-8H,2-4,9-17H2,1H3. The fourth-order valence-corrected chi connectivity index (χ4v) is 4.74. The maximum Gasteiger partial charge on any atom is 0.317 e. The second-order valence-electron chi connectivity index (χ2n) is 8.50. The molecule has 0 aromatic heterocycles. The highest BCUT2D eigenvalue weighted by Gasteiger charge is 2.53. The molecule has 27 heavy (non-hydrogen) atoms. The average Bonchev–Trinajstić information content (AvgIpc) is 2.73. The summed E-state index contributed by atoms with van der Waals surface area (Å²) in [6, 6.07) is 7.45. The van der Waals surface area contributed by atoms with Gasteiger partial charge in [-0.3, -0.25) is 14.0 Å². The molecule has 0 saturated heterocycles. The Morgan fingerprint density at radius 1 is 1.04 bits per heavy atom. The van der Waals surface area contributed by atoms with E-state index in [4.69, 9.17) is 4.74 Å². The molecule has 0 unspecified atom stereocenters. The van der Waals surface area contributed by atoms with E-state index in [2.05, 4.69) is 0 Å². The van der Waals surface area contributed by atoms with Crippen molar-refractivity contribution in [1.29, 1.82) is 0 Å². The van der Waals surface area contributed by atoms with Crippen molar-refractivity contribution in [2.45, 2.75) is 77.6 Å². The second-order valence-corrected chi connectivity index (χ2v) is 8.50. The van der Waals surface area contributed by atoms with Crippen LogP contribution in [0.15, 0.2) is 24.3 Å². The first kappa shape index (κ1) is 20.0. The topological polar surface area (TPSA) is 43.4 Å². The zero-order valence-corrected chi connectivity index (χ0v) is 16.4. The van der Waals surface area contributed by atoms with Gasteiger partial charge in [0.1, 0.15) is 11.5 Å². The van der Waals surface area contributed by atoms with Gasteiger partial charge in [0.2, 0.25) is 0 Å². The lowest BCUT2D eigenvalue weighted by Crippen LogP contribution is -2.47. The van der Waals surface area contributed by atoms with Crippen molar-refractivity contribution in [2.75, 3.05) is 6.67 Å². The van der Waals surface area contributed by atoms with Crippen molar-refractivity contribution >= 4 is 11.8 Å². The van der Waals surface area contributed by atoms with E-state index >= 15 is 0 Å². The number of hydrogen-bond donors (Lipinski definition) is 0. The number of alkyl halides is 1. The van der Waals surface area contributed by atoms with Gasteiger partial charge in [0.05, 0.1) is 12.1 Å². The third kappa shape index (κ3) is 4.59. The van der Waals surface area contributed by atoms with Crippen LogP contribution >= 0.6 is 0 Å². The molecule has 1 aromatic rings. The minimum absolute atomic E-state index is 0.100. The summed E-state index contributed by atoms with van der Waals surface area (Å²) in [5, 5.41) is 0. The zero-order valence-electron chi connectivity index (χ0n) is 16.4. The molecular weight excluding hydrogens is 343 g/mol. The zero-order chi connectivity index (χ0) is 19.3. The highest BCUT2D eigenvalue weighted by molar-refractivity contribution is 5.80. The SMILES string of the molecule is CCC(=O)CCC12CCC(C(=O)Oc3ccc(CCCF)cc3)(CC1)CC2. The van der Waals surface area contributed by atoms with Crippen LogP contribution in [0.4, 0.5) is 4.39 Å².